The molecule has 2 rings (SSSR count). The number of hydrogen-bond acceptors (Lipinski definition) is 4. The van der Waals surface area contributed by atoms with Gasteiger partial charge in [-0.05, 0) is 5.56 Å². The van der Waals surface area contributed by atoms with E-state index in [0.29, 0.717) is 5.56 Å². The van der Waals surface area contributed by atoms with Crippen molar-refractivity contribution >= 4 is 5.94 Å². The van der Waals surface area contributed by atoms with Crippen molar-refractivity contribution in [3.63, 3.8) is 0 Å². The first-order valence-corrected chi connectivity index (χ1v) is 6.13. The highest BCUT2D eigenvalue weighted by Crippen LogP contribution is 2.26. The van der Waals surface area contributed by atoms with E-state index in [9.17, 15) is 9.90 Å². The standard InChI is InChI=1S/C16H15NO3/c17-16(15(19)11-18,14-9-5-2-6-10-14)20-12-13-7-3-1-4-8-13/h1-10,19H,12,17H2. The van der Waals surface area contributed by atoms with Gasteiger partial charge in [-0.3, -0.25) is 5.73 Å². The van der Waals surface area contributed by atoms with Gasteiger partial charge in [0.05, 0.1) is 6.61 Å². The van der Waals surface area contributed by atoms with E-state index in [0.717, 1.165) is 5.56 Å². The molecule has 0 saturated carbocycles. The van der Waals surface area contributed by atoms with Gasteiger partial charge in [0.2, 0.25) is 11.5 Å². The number of nitrogens with two attached hydrogens (primary N) is 1. The molecule has 3 N–H and O–H groups in total. The predicted molar refractivity (Wildman–Crippen MR) is 75.4 cm³/mol. The molecule has 4 heteroatoms. The summed E-state index contributed by atoms with van der Waals surface area (Å²) in [5, 5.41) is 9.75. The first-order valence-electron chi connectivity index (χ1n) is 6.13. The van der Waals surface area contributed by atoms with Gasteiger partial charge in [0, 0.05) is 5.56 Å². The fourth-order valence-electron chi connectivity index (χ4n) is 1.82. The number of aliphatic hydroxyl groups is 1. The van der Waals surface area contributed by atoms with Gasteiger partial charge in [-0.25, -0.2) is 4.79 Å². The minimum Gasteiger partial charge on any atom is -0.499 e. The topological polar surface area (TPSA) is 72.6 Å². The van der Waals surface area contributed by atoms with Crippen LogP contribution in [0.5, 0.6) is 0 Å². The molecule has 4 nitrogen and oxygen atoms in total. The Labute approximate surface area is 117 Å². The quantitative estimate of drug-likeness (QED) is 0.496. The lowest BCUT2D eigenvalue weighted by Crippen LogP contribution is -2.42. The number of benzene rings is 2. The molecule has 0 aromatic heterocycles. The van der Waals surface area contributed by atoms with Gasteiger partial charge in [-0.2, -0.15) is 0 Å². The van der Waals surface area contributed by atoms with Gasteiger partial charge in [-0.15, -0.1) is 0 Å². The average molecular weight is 269 g/mol. The summed E-state index contributed by atoms with van der Waals surface area (Å²) < 4.78 is 5.58. The average Bonchev–Trinajstić information content (AvgIpc) is 2.53. The SMILES string of the molecule is NC(OCc1ccccc1)(C(O)=C=O)c1ccccc1. The molecule has 0 radical (unpaired) electrons. The lowest BCUT2D eigenvalue weighted by Gasteiger charge is -2.27. The minimum absolute atomic E-state index is 0.165. The van der Waals surface area contributed by atoms with E-state index < -0.39 is 11.5 Å². The molecule has 0 aliphatic carbocycles. The highest BCUT2D eigenvalue weighted by Gasteiger charge is 2.34. The molecule has 2 aromatic rings. The normalized spacial score (nSPS) is 13.2. The van der Waals surface area contributed by atoms with Gasteiger partial charge < -0.3 is 9.84 Å². The summed E-state index contributed by atoms with van der Waals surface area (Å²) in [6.45, 7) is 0.165. The van der Waals surface area contributed by atoms with Crippen molar-refractivity contribution in [3.8, 4) is 0 Å². The van der Waals surface area contributed by atoms with Crippen LogP contribution in [-0.4, -0.2) is 11.0 Å². The van der Waals surface area contributed by atoms with Crippen molar-refractivity contribution in [2.24, 2.45) is 5.73 Å². The van der Waals surface area contributed by atoms with E-state index in [1.165, 1.54) is 5.94 Å². The second-order valence-electron chi connectivity index (χ2n) is 4.33. The summed E-state index contributed by atoms with van der Waals surface area (Å²) >= 11 is 0. The van der Waals surface area contributed by atoms with Crippen LogP contribution in [0.1, 0.15) is 11.1 Å². The number of aliphatic hydroxyl groups excluding tert-OH is 1. The molecule has 20 heavy (non-hydrogen) atoms. The Morgan fingerprint density at radius 1 is 1.10 bits per heavy atom. The van der Waals surface area contributed by atoms with Crippen molar-refractivity contribution in [2.45, 2.75) is 12.3 Å². The van der Waals surface area contributed by atoms with Crippen LogP contribution in [0.3, 0.4) is 0 Å². The molecule has 0 saturated heterocycles. The summed E-state index contributed by atoms with van der Waals surface area (Å²) in [5.41, 5.74) is 5.72. The van der Waals surface area contributed by atoms with Crippen LogP contribution in [0.25, 0.3) is 0 Å². The maximum absolute atomic E-state index is 10.8. The zero-order valence-corrected chi connectivity index (χ0v) is 10.8. The van der Waals surface area contributed by atoms with Gasteiger partial charge in [0.15, 0.2) is 5.94 Å². The molecular weight excluding hydrogens is 254 g/mol. The van der Waals surface area contributed by atoms with E-state index in [2.05, 4.69) is 0 Å². The zero-order chi connectivity index (χ0) is 14.4. The number of rotatable bonds is 5. The van der Waals surface area contributed by atoms with E-state index >= 15 is 0 Å². The first-order chi connectivity index (χ1) is 9.66. The number of ether oxygens (including phenoxy) is 1. The molecule has 102 valence electrons. The minimum atomic E-state index is -1.70. The Morgan fingerprint density at radius 2 is 1.65 bits per heavy atom. The highest BCUT2D eigenvalue weighted by molar-refractivity contribution is 5.54. The molecular formula is C16H15NO3. The third-order valence-corrected chi connectivity index (χ3v) is 2.96. The molecule has 0 bridgehead atoms. The van der Waals surface area contributed by atoms with Gasteiger partial charge in [0.25, 0.3) is 0 Å². The summed E-state index contributed by atoms with van der Waals surface area (Å²) in [4.78, 5) is 10.8. The van der Waals surface area contributed by atoms with Gasteiger partial charge in [-0.1, -0.05) is 60.7 Å². The highest BCUT2D eigenvalue weighted by atomic mass is 16.5. The van der Waals surface area contributed by atoms with Crippen molar-refractivity contribution in [3.05, 3.63) is 77.5 Å². The number of hydrogen-bond donors (Lipinski definition) is 2. The smallest absolute Gasteiger partial charge is 0.229 e. The van der Waals surface area contributed by atoms with Crippen LogP contribution in [-0.2, 0) is 21.9 Å². The summed E-state index contributed by atoms with van der Waals surface area (Å²) in [6, 6.07) is 18.0. The Morgan fingerprint density at radius 3 is 2.20 bits per heavy atom. The Kier molecular flexibility index (Phi) is 4.33. The zero-order valence-electron chi connectivity index (χ0n) is 10.8. The molecule has 0 fully saturated rings. The van der Waals surface area contributed by atoms with Gasteiger partial charge >= 0.3 is 0 Å². The predicted octanol–water partition coefficient (Wildman–Crippen LogP) is 2.29. The molecule has 0 amide bonds. The second-order valence-corrected chi connectivity index (χ2v) is 4.33. The Balaban J connectivity index is 2.27. The molecule has 0 aliphatic rings. The van der Waals surface area contributed by atoms with Crippen molar-refractivity contribution < 1.29 is 14.6 Å². The molecule has 0 heterocycles. The molecule has 2 aromatic carbocycles. The van der Waals surface area contributed by atoms with E-state index in [1.807, 2.05) is 36.4 Å². The third kappa shape index (κ3) is 2.95. The monoisotopic (exact) mass is 269 g/mol. The third-order valence-electron chi connectivity index (χ3n) is 2.96. The Hall–Kier alpha value is -2.39. The van der Waals surface area contributed by atoms with Crippen molar-refractivity contribution in [2.75, 3.05) is 0 Å². The van der Waals surface area contributed by atoms with Crippen LogP contribution in [0.4, 0.5) is 0 Å². The summed E-state index contributed by atoms with van der Waals surface area (Å²) in [5.74, 6) is 0.732. The maximum atomic E-state index is 10.8. The molecule has 1 atom stereocenters. The molecule has 0 spiro atoms. The van der Waals surface area contributed by atoms with E-state index in [4.69, 9.17) is 10.5 Å². The molecule has 1 unspecified atom stereocenters. The summed E-state index contributed by atoms with van der Waals surface area (Å²) in [6.07, 6.45) is 0. The van der Waals surface area contributed by atoms with Crippen LogP contribution in [0.2, 0.25) is 0 Å². The van der Waals surface area contributed by atoms with Crippen molar-refractivity contribution in [1.82, 2.24) is 0 Å². The van der Waals surface area contributed by atoms with Crippen LogP contribution >= 0.6 is 0 Å². The van der Waals surface area contributed by atoms with Gasteiger partial charge in [0.1, 0.15) is 0 Å². The van der Waals surface area contributed by atoms with E-state index in [-0.39, 0.29) is 6.61 Å². The lowest BCUT2D eigenvalue weighted by molar-refractivity contribution is -0.0537. The molecule has 0 aliphatic heterocycles. The largest absolute Gasteiger partial charge is 0.499 e. The van der Waals surface area contributed by atoms with Crippen molar-refractivity contribution in [1.29, 1.82) is 0 Å². The fourth-order valence-corrected chi connectivity index (χ4v) is 1.82. The maximum Gasteiger partial charge on any atom is 0.229 e. The van der Waals surface area contributed by atoms with Crippen LogP contribution < -0.4 is 5.73 Å². The second kappa shape index (κ2) is 6.17. The lowest BCUT2D eigenvalue weighted by atomic mass is 10.0. The Bertz CT molecular complexity index is 606. The first kappa shape index (κ1) is 14.0. The fraction of sp³-hybridized carbons (Fsp3) is 0.125. The van der Waals surface area contributed by atoms with Crippen LogP contribution in [0.15, 0.2) is 66.4 Å². The van der Waals surface area contributed by atoms with Crippen LogP contribution in [0, 0.1) is 0 Å². The number of carbonyl (C=O) groups excluding carboxylic acids is 1. The van der Waals surface area contributed by atoms with E-state index in [1.54, 1.807) is 24.3 Å². The summed E-state index contributed by atoms with van der Waals surface area (Å²) in [7, 11) is 0.